The summed E-state index contributed by atoms with van der Waals surface area (Å²) in [5, 5.41) is 0. The van der Waals surface area contributed by atoms with E-state index in [1.807, 2.05) is 0 Å². The van der Waals surface area contributed by atoms with E-state index in [-0.39, 0.29) is 0 Å². The van der Waals surface area contributed by atoms with E-state index in [4.69, 9.17) is 5.73 Å². The molecule has 2 heterocycles. The van der Waals surface area contributed by atoms with Crippen LogP contribution in [-0.2, 0) is 10.2 Å². The number of nitrogens with one attached hydrogen (secondary N) is 1. The second-order valence-corrected chi connectivity index (χ2v) is 7.66. The van der Waals surface area contributed by atoms with Crippen LogP contribution >= 0.6 is 0 Å². The fourth-order valence-corrected chi connectivity index (χ4v) is 4.40. The zero-order chi connectivity index (χ0) is 14.4. The Kier molecular flexibility index (Phi) is 6.22. The molecule has 0 saturated carbocycles. The average molecular weight is 304 g/mol. The van der Waals surface area contributed by atoms with Crippen molar-refractivity contribution in [2.45, 2.75) is 32.1 Å². The number of piperidine rings is 1. The van der Waals surface area contributed by atoms with E-state index in [1.54, 1.807) is 4.31 Å². The lowest BCUT2D eigenvalue weighted by Crippen LogP contribution is -2.47. The molecule has 0 bridgehead atoms. The van der Waals surface area contributed by atoms with Crippen LogP contribution in [0.15, 0.2) is 0 Å². The molecule has 6 nitrogen and oxygen atoms in total. The molecule has 118 valence electrons. The van der Waals surface area contributed by atoms with E-state index in [0.29, 0.717) is 32.1 Å². The molecule has 20 heavy (non-hydrogen) atoms. The summed E-state index contributed by atoms with van der Waals surface area (Å²) >= 11 is 0. The molecule has 3 N–H and O–H groups in total. The van der Waals surface area contributed by atoms with Crippen LogP contribution in [0.2, 0.25) is 0 Å². The van der Waals surface area contributed by atoms with Crippen molar-refractivity contribution in [2.24, 2.45) is 11.7 Å². The maximum atomic E-state index is 12.2. The van der Waals surface area contributed by atoms with Gasteiger partial charge in [-0.1, -0.05) is 0 Å². The van der Waals surface area contributed by atoms with Crippen molar-refractivity contribution in [3.63, 3.8) is 0 Å². The molecule has 0 aromatic heterocycles. The van der Waals surface area contributed by atoms with Gasteiger partial charge in [-0.05, 0) is 64.2 Å². The van der Waals surface area contributed by atoms with Crippen LogP contribution in [0.3, 0.4) is 0 Å². The summed E-state index contributed by atoms with van der Waals surface area (Å²) in [7, 11) is -3.31. The predicted octanol–water partition coefficient (Wildman–Crippen LogP) is -0.0226. The summed E-state index contributed by atoms with van der Waals surface area (Å²) in [5.74, 6) is 0.310. The Balaban J connectivity index is 1.69. The number of hydrogen-bond acceptors (Lipinski definition) is 4. The Hall–Kier alpha value is -0.210. The summed E-state index contributed by atoms with van der Waals surface area (Å²) in [4.78, 5) is 2.40. The molecular weight excluding hydrogens is 276 g/mol. The highest BCUT2D eigenvalue weighted by atomic mass is 32.2. The van der Waals surface area contributed by atoms with Gasteiger partial charge in [0.2, 0.25) is 0 Å². The molecule has 0 radical (unpaired) electrons. The van der Waals surface area contributed by atoms with Crippen LogP contribution in [-0.4, -0.2) is 63.4 Å². The van der Waals surface area contributed by atoms with Gasteiger partial charge in [0.15, 0.2) is 0 Å². The Morgan fingerprint density at radius 1 is 1.15 bits per heavy atom. The van der Waals surface area contributed by atoms with E-state index >= 15 is 0 Å². The van der Waals surface area contributed by atoms with Crippen molar-refractivity contribution >= 4 is 10.2 Å². The van der Waals surface area contributed by atoms with Crippen molar-refractivity contribution in [3.05, 3.63) is 0 Å². The van der Waals surface area contributed by atoms with Crippen molar-refractivity contribution in [1.29, 1.82) is 0 Å². The Morgan fingerprint density at radius 2 is 1.90 bits per heavy atom. The standard InChI is InChI=1S/C13H28N4O2S/c14-11-13-5-3-10-17(12-13)20(18,19)15-6-4-9-16-7-1-2-8-16/h13,15H,1-12,14H2. The van der Waals surface area contributed by atoms with Crippen LogP contribution in [0.4, 0.5) is 0 Å². The Morgan fingerprint density at radius 3 is 2.60 bits per heavy atom. The van der Waals surface area contributed by atoms with Gasteiger partial charge < -0.3 is 10.6 Å². The fraction of sp³-hybridized carbons (Fsp3) is 1.00. The number of rotatable bonds is 7. The second kappa shape index (κ2) is 7.70. The Bertz CT molecular complexity index is 382. The first-order valence-electron chi connectivity index (χ1n) is 7.79. The summed E-state index contributed by atoms with van der Waals surface area (Å²) < 4.78 is 28.7. The van der Waals surface area contributed by atoms with Gasteiger partial charge in [-0.15, -0.1) is 0 Å². The zero-order valence-corrected chi connectivity index (χ0v) is 13.1. The molecule has 0 aromatic rings. The smallest absolute Gasteiger partial charge is 0.279 e. The van der Waals surface area contributed by atoms with E-state index in [9.17, 15) is 8.42 Å². The summed E-state index contributed by atoms with van der Waals surface area (Å²) in [6, 6.07) is 0. The third-order valence-electron chi connectivity index (χ3n) is 4.29. The van der Waals surface area contributed by atoms with E-state index < -0.39 is 10.2 Å². The largest absolute Gasteiger partial charge is 0.330 e. The molecule has 0 aromatic carbocycles. The maximum absolute atomic E-state index is 12.2. The topological polar surface area (TPSA) is 78.7 Å². The minimum Gasteiger partial charge on any atom is -0.330 e. The number of nitrogens with zero attached hydrogens (tertiary/aromatic N) is 2. The van der Waals surface area contributed by atoms with Crippen molar-refractivity contribution < 1.29 is 8.42 Å². The van der Waals surface area contributed by atoms with Crippen molar-refractivity contribution in [1.82, 2.24) is 13.9 Å². The van der Waals surface area contributed by atoms with E-state index in [2.05, 4.69) is 9.62 Å². The third kappa shape index (κ3) is 4.66. The number of likely N-dealkylation sites (tertiary alicyclic amines) is 1. The quantitative estimate of drug-likeness (QED) is 0.648. The van der Waals surface area contributed by atoms with Gasteiger partial charge in [-0.25, -0.2) is 4.72 Å². The third-order valence-corrected chi connectivity index (χ3v) is 5.87. The first-order valence-corrected chi connectivity index (χ1v) is 9.23. The molecule has 1 atom stereocenters. The predicted molar refractivity (Wildman–Crippen MR) is 80.6 cm³/mol. The van der Waals surface area contributed by atoms with Gasteiger partial charge in [-0.2, -0.15) is 12.7 Å². The normalized spacial score (nSPS) is 26.1. The molecule has 7 heteroatoms. The second-order valence-electron chi connectivity index (χ2n) is 5.90. The van der Waals surface area contributed by atoms with E-state index in [1.165, 1.54) is 12.8 Å². The number of nitrogens with two attached hydrogens (primary N) is 1. The molecule has 0 amide bonds. The summed E-state index contributed by atoms with van der Waals surface area (Å²) in [6.07, 6.45) is 5.39. The lowest BCUT2D eigenvalue weighted by atomic mass is 10.0. The number of hydrogen-bond donors (Lipinski definition) is 2. The van der Waals surface area contributed by atoms with Gasteiger partial charge in [0.25, 0.3) is 10.2 Å². The molecule has 2 aliphatic rings. The van der Waals surface area contributed by atoms with Crippen molar-refractivity contribution in [2.75, 3.05) is 45.8 Å². The van der Waals surface area contributed by atoms with Gasteiger partial charge >= 0.3 is 0 Å². The summed E-state index contributed by atoms with van der Waals surface area (Å²) in [5.41, 5.74) is 5.65. The lowest BCUT2D eigenvalue weighted by molar-refractivity contribution is 0.268. The molecule has 0 spiro atoms. The molecule has 2 fully saturated rings. The minimum absolute atomic E-state index is 0.310. The van der Waals surface area contributed by atoms with Crippen LogP contribution in [0.25, 0.3) is 0 Å². The van der Waals surface area contributed by atoms with Gasteiger partial charge in [0.05, 0.1) is 0 Å². The molecule has 1 unspecified atom stereocenters. The fourth-order valence-electron chi connectivity index (χ4n) is 3.04. The first-order chi connectivity index (χ1) is 9.62. The molecule has 2 saturated heterocycles. The Labute approximate surface area is 122 Å². The zero-order valence-electron chi connectivity index (χ0n) is 12.3. The summed E-state index contributed by atoms with van der Waals surface area (Å²) in [6.45, 7) is 5.61. The minimum atomic E-state index is -3.31. The molecule has 2 aliphatic heterocycles. The van der Waals surface area contributed by atoms with Crippen LogP contribution in [0.1, 0.15) is 32.1 Å². The average Bonchev–Trinajstić information content (AvgIpc) is 2.97. The molecule has 0 aliphatic carbocycles. The van der Waals surface area contributed by atoms with Crippen LogP contribution in [0.5, 0.6) is 0 Å². The maximum Gasteiger partial charge on any atom is 0.279 e. The van der Waals surface area contributed by atoms with Gasteiger partial charge in [-0.3, -0.25) is 0 Å². The SMILES string of the molecule is NCC1CCCN(S(=O)(=O)NCCCN2CCCC2)C1. The monoisotopic (exact) mass is 304 g/mol. The first kappa shape index (κ1) is 16.2. The van der Waals surface area contributed by atoms with Crippen LogP contribution in [0, 0.1) is 5.92 Å². The lowest BCUT2D eigenvalue weighted by Gasteiger charge is -2.31. The van der Waals surface area contributed by atoms with Gasteiger partial charge in [0.1, 0.15) is 0 Å². The van der Waals surface area contributed by atoms with E-state index in [0.717, 1.165) is 38.9 Å². The van der Waals surface area contributed by atoms with Crippen molar-refractivity contribution in [3.8, 4) is 0 Å². The highest BCUT2D eigenvalue weighted by molar-refractivity contribution is 7.87. The highest BCUT2D eigenvalue weighted by Crippen LogP contribution is 2.17. The highest BCUT2D eigenvalue weighted by Gasteiger charge is 2.27. The van der Waals surface area contributed by atoms with Crippen LogP contribution < -0.4 is 10.5 Å². The van der Waals surface area contributed by atoms with Gasteiger partial charge in [0, 0.05) is 19.6 Å². The molecular formula is C13H28N4O2S. The molecule has 2 rings (SSSR count).